The highest BCUT2D eigenvalue weighted by Gasteiger charge is 2.74. The zero-order chi connectivity index (χ0) is 44.5. The smallest absolute Gasteiger partial charge is 0.324 e. The van der Waals surface area contributed by atoms with Gasteiger partial charge in [-0.1, -0.05) is 138 Å². The van der Waals surface area contributed by atoms with E-state index >= 15 is 14.4 Å². The lowest BCUT2D eigenvalue weighted by Gasteiger charge is -2.46. The van der Waals surface area contributed by atoms with Crippen molar-refractivity contribution >= 4 is 50.2 Å². The van der Waals surface area contributed by atoms with Gasteiger partial charge in [0.2, 0.25) is 11.8 Å². The summed E-state index contributed by atoms with van der Waals surface area (Å²) in [5.74, 6) is 4.25. The zero-order valence-corrected chi connectivity index (χ0v) is 36.3. The van der Waals surface area contributed by atoms with E-state index in [4.69, 9.17) is 14.5 Å². The largest absolute Gasteiger partial charge is 0.491 e. The molecule has 0 radical (unpaired) electrons. The first-order valence-corrected chi connectivity index (χ1v) is 22.4. The number of hydrogen-bond donors (Lipinski definition) is 3. The molecule has 2 fully saturated rings. The first kappa shape index (κ1) is 41.8. The fourth-order valence-electron chi connectivity index (χ4n) is 9.92. The minimum absolute atomic E-state index is 0.0945. The molecule has 10 rings (SSSR count). The lowest BCUT2D eigenvalue weighted by molar-refractivity contribution is -0.177. The van der Waals surface area contributed by atoms with Crippen LogP contribution in [0.2, 0.25) is 0 Å². The molecule has 324 valence electrons. The number of aliphatic hydroxyl groups is 1. The van der Waals surface area contributed by atoms with Crippen LogP contribution in [-0.4, -0.2) is 70.5 Å². The number of cyclic esters (lactones) is 1. The van der Waals surface area contributed by atoms with Crippen molar-refractivity contribution in [1.82, 2.24) is 14.8 Å². The number of para-hydroxylation sites is 1. The van der Waals surface area contributed by atoms with Gasteiger partial charge in [-0.3, -0.25) is 24.2 Å². The lowest BCUT2D eigenvalue weighted by Crippen LogP contribution is -2.53. The second-order valence-electron chi connectivity index (χ2n) is 16.6. The molecule has 12 heteroatoms. The molecule has 6 atom stereocenters. The van der Waals surface area contributed by atoms with Crippen molar-refractivity contribution in [2.24, 2.45) is 5.92 Å². The van der Waals surface area contributed by atoms with Crippen molar-refractivity contribution in [3.05, 3.63) is 191 Å². The predicted molar refractivity (Wildman–Crippen MR) is 250 cm³/mol. The van der Waals surface area contributed by atoms with Crippen LogP contribution in [-0.2, 0) is 31.1 Å². The molecule has 6 aromatic carbocycles. The van der Waals surface area contributed by atoms with Crippen molar-refractivity contribution in [3.8, 4) is 17.6 Å². The van der Waals surface area contributed by atoms with Gasteiger partial charge >= 0.3 is 5.97 Å². The third kappa shape index (κ3) is 7.72. The molecule has 1 aromatic heterocycles. The summed E-state index contributed by atoms with van der Waals surface area (Å²) in [4.78, 5) is 55.3. The monoisotopic (exact) mass is 879 g/mol. The van der Waals surface area contributed by atoms with Crippen molar-refractivity contribution < 1.29 is 29.0 Å². The van der Waals surface area contributed by atoms with Crippen LogP contribution in [0.5, 0.6) is 5.75 Å². The highest BCUT2D eigenvalue weighted by atomic mass is 32.1. The molecule has 0 bridgehead atoms. The topological polar surface area (TPSA) is 133 Å². The van der Waals surface area contributed by atoms with Gasteiger partial charge < -0.3 is 25.2 Å². The SMILES string of the molecule is CN(CC#Cc1ccc2c(c1)[C@]1(C(=O)N2)[C@H](c2ccc(OCCO)cc2)N2[C@H](c3ccccc3)[C@H](c3ccccc3)OC(=O)[C@H]2[C@@H]1C(=O)Nc1nc2ccccc2s1)Cc1ccccc1. The van der Waals surface area contributed by atoms with Crippen LogP contribution in [0.4, 0.5) is 10.8 Å². The predicted octanol–water partition coefficient (Wildman–Crippen LogP) is 8.06. The Bertz CT molecular complexity index is 2900. The Morgan fingerprint density at radius 2 is 1.55 bits per heavy atom. The molecule has 3 aliphatic heterocycles. The molecule has 0 aliphatic carbocycles. The molecular formula is C53H45N5O6S. The molecule has 3 N–H and O–H groups in total. The number of ether oxygens (including phenoxy) is 2. The van der Waals surface area contributed by atoms with E-state index < -0.39 is 53.3 Å². The number of benzene rings is 6. The van der Waals surface area contributed by atoms with E-state index in [0.29, 0.717) is 45.3 Å². The van der Waals surface area contributed by atoms with Crippen LogP contribution in [0.1, 0.15) is 51.6 Å². The van der Waals surface area contributed by atoms with Crippen LogP contribution in [0.3, 0.4) is 0 Å². The summed E-state index contributed by atoms with van der Waals surface area (Å²) in [6.07, 6.45) is -0.811. The van der Waals surface area contributed by atoms with E-state index in [2.05, 4.69) is 44.4 Å². The third-order valence-electron chi connectivity index (χ3n) is 12.5. The first-order valence-electron chi connectivity index (χ1n) is 21.6. The molecule has 1 spiro atoms. The number of anilines is 2. The number of aliphatic hydroxyl groups excluding tert-OH is 1. The van der Waals surface area contributed by atoms with Crippen LogP contribution in [0, 0.1) is 17.8 Å². The number of carbonyl (C=O) groups is 3. The number of nitrogens with zero attached hydrogens (tertiary/aromatic N) is 3. The number of aromatic nitrogens is 1. The van der Waals surface area contributed by atoms with Gasteiger partial charge in [0.25, 0.3) is 0 Å². The number of rotatable bonds is 11. The average molecular weight is 880 g/mol. The molecule has 3 aliphatic rings. The Morgan fingerprint density at radius 1 is 0.862 bits per heavy atom. The fraction of sp³-hybridized carbons (Fsp3) is 0.208. The van der Waals surface area contributed by atoms with Crippen LogP contribution >= 0.6 is 11.3 Å². The summed E-state index contributed by atoms with van der Waals surface area (Å²) in [5.41, 5.74) is 4.18. The van der Waals surface area contributed by atoms with Gasteiger partial charge in [-0.2, -0.15) is 0 Å². The molecule has 65 heavy (non-hydrogen) atoms. The van der Waals surface area contributed by atoms with Gasteiger partial charge in [-0.15, -0.1) is 0 Å². The highest BCUT2D eigenvalue weighted by molar-refractivity contribution is 7.22. The second-order valence-corrected chi connectivity index (χ2v) is 17.6. The summed E-state index contributed by atoms with van der Waals surface area (Å²) >= 11 is 1.32. The molecule has 4 heterocycles. The normalized spacial score (nSPS) is 22.2. The number of hydrogen-bond acceptors (Lipinski definition) is 10. The Morgan fingerprint density at radius 3 is 2.28 bits per heavy atom. The maximum atomic E-state index is 15.6. The van der Waals surface area contributed by atoms with Crippen LogP contribution in [0.15, 0.2) is 158 Å². The van der Waals surface area contributed by atoms with Crippen molar-refractivity contribution in [3.63, 3.8) is 0 Å². The lowest BCUT2D eigenvalue weighted by atomic mass is 9.65. The summed E-state index contributed by atoms with van der Waals surface area (Å²) in [6, 6.07) is 47.3. The summed E-state index contributed by atoms with van der Waals surface area (Å²) < 4.78 is 13.3. The number of amides is 2. The Labute approximate surface area is 380 Å². The van der Waals surface area contributed by atoms with Gasteiger partial charge in [0, 0.05) is 17.8 Å². The van der Waals surface area contributed by atoms with Crippen molar-refractivity contribution in [1.29, 1.82) is 0 Å². The van der Waals surface area contributed by atoms with Gasteiger partial charge in [-0.25, -0.2) is 4.98 Å². The maximum Gasteiger partial charge on any atom is 0.324 e. The number of morpholine rings is 1. The van der Waals surface area contributed by atoms with Gasteiger partial charge in [0.1, 0.15) is 29.9 Å². The Kier molecular flexibility index (Phi) is 11.5. The average Bonchev–Trinajstić information content (AvgIpc) is 3.98. The number of nitrogens with one attached hydrogen (secondary N) is 2. The standard InChI is InChI=1S/C53H45N5O6S/c1-57(33-35-14-5-2-6-15-35)29-13-16-34-23-28-41-40(32-34)53(51(62)54-41)44(49(60)56-52-55-42-21-11-12-22-43(42)65-52)46-50(61)64-47(37-19-9-4-10-20-37)45(36-17-7-3-8-18-36)58(46)48(53)38-24-26-39(27-25-38)63-31-30-59/h2-12,14-15,17-28,32,44-48,59H,29-31,33H2,1H3,(H,54,62)(H,55,56,60)/t44-,45-,46-,47+,48+,53-/m1/s1. The summed E-state index contributed by atoms with van der Waals surface area (Å²) in [5, 5.41) is 16.1. The minimum Gasteiger partial charge on any atom is -0.491 e. The van der Waals surface area contributed by atoms with Crippen molar-refractivity contribution in [2.45, 2.75) is 36.2 Å². The molecular weight excluding hydrogens is 835 g/mol. The minimum atomic E-state index is -1.71. The molecule has 2 saturated heterocycles. The molecule has 0 saturated carbocycles. The van der Waals surface area contributed by atoms with Gasteiger partial charge in [-0.05, 0) is 77.3 Å². The van der Waals surface area contributed by atoms with E-state index in [1.807, 2.05) is 141 Å². The highest BCUT2D eigenvalue weighted by Crippen LogP contribution is 2.65. The quantitative estimate of drug-likeness (QED) is 0.0872. The first-order chi connectivity index (χ1) is 31.8. The molecule has 2 amide bonds. The second kappa shape index (κ2) is 17.8. The number of thiazole rings is 1. The van der Waals surface area contributed by atoms with Crippen LogP contribution in [0.25, 0.3) is 10.2 Å². The van der Waals surface area contributed by atoms with Crippen LogP contribution < -0.4 is 15.4 Å². The van der Waals surface area contributed by atoms with Crippen molar-refractivity contribution in [2.75, 3.05) is 37.4 Å². The van der Waals surface area contributed by atoms with Gasteiger partial charge in [0.05, 0.1) is 41.4 Å². The number of fused-ring (bicyclic) bond motifs is 4. The maximum absolute atomic E-state index is 15.6. The van der Waals surface area contributed by atoms with E-state index in [0.717, 1.165) is 22.4 Å². The summed E-state index contributed by atoms with van der Waals surface area (Å²) in [7, 11) is 2.01. The van der Waals surface area contributed by atoms with E-state index in [1.54, 1.807) is 12.1 Å². The number of carbonyl (C=O) groups excluding carboxylic acids is 3. The third-order valence-corrected chi connectivity index (χ3v) is 13.5. The van der Waals surface area contributed by atoms with Gasteiger partial charge in [0.15, 0.2) is 5.13 Å². The zero-order valence-electron chi connectivity index (χ0n) is 35.5. The molecule has 7 aromatic rings. The Balaban J connectivity index is 1.17. The Hall–Kier alpha value is -7.14. The van der Waals surface area contributed by atoms with E-state index in [-0.39, 0.29) is 13.2 Å². The summed E-state index contributed by atoms with van der Waals surface area (Å²) in [6.45, 7) is 1.13. The number of esters is 1. The van der Waals surface area contributed by atoms with E-state index in [1.165, 1.54) is 16.9 Å². The fourth-order valence-corrected chi connectivity index (χ4v) is 10.8. The van der Waals surface area contributed by atoms with E-state index in [9.17, 15) is 5.11 Å². The molecule has 11 nitrogen and oxygen atoms in total. The molecule has 0 unspecified atom stereocenters.